The Morgan fingerprint density at radius 1 is 1.32 bits per heavy atom. The number of hydrogen-bond acceptors (Lipinski definition) is 2. The first-order valence-electron chi connectivity index (χ1n) is 7.13. The number of rotatable bonds is 3. The number of fused-ring (bicyclic) bond motifs is 2. The SMILES string of the molecule is CC(Nc1cc(Br)cc(C#N)c1)C1CC2CCC1C2. The van der Waals surface area contributed by atoms with Crippen LogP contribution in [0.5, 0.6) is 0 Å². The molecule has 2 bridgehead atoms. The summed E-state index contributed by atoms with van der Waals surface area (Å²) < 4.78 is 0.967. The van der Waals surface area contributed by atoms with E-state index in [2.05, 4.69) is 40.3 Å². The quantitative estimate of drug-likeness (QED) is 0.886. The Balaban J connectivity index is 1.71. The van der Waals surface area contributed by atoms with Crippen molar-refractivity contribution in [1.82, 2.24) is 0 Å². The van der Waals surface area contributed by atoms with Crippen molar-refractivity contribution in [3.8, 4) is 6.07 Å². The van der Waals surface area contributed by atoms with Gasteiger partial charge in [0.05, 0.1) is 11.6 Å². The van der Waals surface area contributed by atoms with Gasteiger partial charge in [0, 0.05) is 16.2 Å². The van der Waals surface area contributed by atoms with Gasteiger partial charge >= 0.3 is 0 Å². The number of anilines is 1. The molecular formula is C16H19BrN2. The van der Waals surface area contributed by atoms with Gasteiger partial charge in [-0.15, -0.1) is 0 Å². The Kier molecular flexibility index (Phi) is 3.54. The Hall–Kier alpha value is -1.01. The average molecular weight is 319 g/mol. The van der Waals surface area contributed by atoms with Crippen LogP contribution in [0.4, 0.5) is 5.69 Å². The fourth-order valence-electron chi connectivity index (χ4n) is 4.01. The van der Waals surface area contributed by atoms with Gasteiger partial charge in [0.15, 0.2) is 0 Å². The van der Waals surface area contributed by atoms with Crippen LogP contribution in [0.25, 0.3) is 0 Å². The molecule has 2 aliphatic rings. The Bertz CT molecular complexity index is 520. The van der Waals surface area contributed by atoms with Crippen LogP contribution in [-0.4, -0.2) is 6.04 Å². The number of nitrogens with zero attached hydrogens (tertiary/aromatic N) is 1. The molecular weight excluding hydrogens is 300 g/mol. The van der Waals surface area contributed by atoms with Crippen molar-refractivity contribution < 1.29 is 0 Å². The smallest absolute Gasteiger partial charge is 0.0992 e. The number of hydrogen-bond donors (Lipinski definition) is 1. The lowest BCUT2D eigenvalue weighted by atomic mass is 9.84. The maximum Gasteiger partial charge on any atom is 0.0992 e. The molecule has 2 saturated carbocycles. The number of halogens is 1. The van der Waals surface area contributed by atoms with Gasteiger partial charge < -0.3 is 5.32 Å². The predicted molar refractivity (Wildman–Crippen MR) is 80.9 cm³/mol. The molecule has 4 unspecified atom stereocenters. The van der Waals surface area contributed by atoms with Crippen LogP contribution in [0.1, 0.15) is 38.2 Å². The molecule has 3 rings (SSSR count). The second-order valence-corrected chi connectivity index (χ2v) is 7.03. The molecule has 1 N–H and O–H groups in total. The van der Waals surface area contributed by atoms with E-state index in [1.165, 1.54) is 25.7 Å². The lowest BCUT2D eigenvalue weighted by Gasteiger charge is -2.29. The summed E-state index contributed by atoms with van der Waals surface area (Å²) in [6.07, 6.45) is 5.70. The molecule has 0 spiro atoms. The summed E-state index contributed by atoms with van der Waals surface area (Å²) >= 11 is 3.47. The molecule has 2 nitrogen and oxygen atoms in total. The molecule has 19 heavy (non-hydrogen) atoms. The van der Waals surface area contributed by atoms with Gasteiger partial charge in [0.2, 0.25) is 0 Å². The van der Waals surface area contributed by atoms with Gasteiger partial charge in [-0.05, 0) is 62.1 Å². The molecule has 0 aromatic heterocycles. The Labute approximate surface area is 123 Å². The van der Waals surface area contributed by atoms with Gasteiger partial charge in [-0.2, -0.15) is 5.26 Å². The minimum absolute atomic E-state index is 0.496. The largest absolute Gasteiger partial charge is 0.382 e. The van der Waals surface area contributed by atoms with Gasteiger partial charge in [0.25, 0.3) is 0 Å². The Morgan fingerprint density at radius 3 is 2.79 bits per heavy atom. The van der Waals surface area contributed by atoms with E-state index in [0.29, 0.717) is 11.6 Å². The van der Waals surface area contributed by atoms with Crippen LogP contribution in [0, 0.1) is 29.1 Å². The highest BCUT2D eigenvalue weighted by Crippen LogP contribution is 2.49. The summed E-state index contributed by atoms with van der Waals surface area (Å²) in [5.41, 5.74) is 1.76. The van der Waals surface area contributed by atoms with Crippen molar-refractivity contribution >= 4 is 21.6 Å². The summed E-state index contributed by atoms with van der Waals surface area (Å²) in [7, 11) is 0. The molecule has 0 heterocycles. The van der Waals surface area contributed by atoms with Crippen molar-refractivity contribution in [3.63, 3.8) is 0 Å². The van der Waals surface area contributed by atoms with Crippen molar-refractivity contribution in [2.45, 2.75) is 38.6 Å². The minimum atomic E-state index is 0.496. The van der Waals surface area contributed by atoms with E-state index in [0.717, 1.165) is 27.9 Å². The number of benzene rings is 1. The molecule has 1 aromatic rings. The first-order chi connectivity index (χ1) is 9.15. The van der Waals surface area contributed by atoms with Gasteiger partial charge in [-0.1, -0.05) is 22.4 Å². The highest BCUT2D eigenvalue weighted by Gasteiger charge is 2.41. The average Bonchev–Trinajstić information content (AvgIpc) is 3.00. The maximum absolute atomic E-state index is 9.02. The topological polar surface area (TPSA) is 35.8 Å². The summed E-state index contributed by atoms with van der Waals surface area (Å²) in [6, 6.07) is 8.56. The monoisotopic (exact) mass is 318 g/mol. The highest BCUT2D eigenvalue weighted by atomic mass is 79.9. The second-order valence-electron chi connectivity index (χ2n) is 6.11. The lowest BCUT2D eigenvalue weighted by molar-refractivity contribution is 0.304. The zero-order valence-corrected chi connectivity index (χ0v) is 12.8. The molecule has 1 aromatic carbocycles. The van der Waals surface area contributed by atoms with Gasteiger partial charge in [-0.25, -0.2) is 0 Å². The highest BCUT2D eigenvalue weighted by molar-refractivity contribution is 9.10. The van der Waals surface area contributed by atoms with E-state index >= 15 is 0 Å². The first kappa shape index (κ1) is 13.0. The molecule has 0 amide bonds. The van der Waals surface area contributed by atoms with Crippen molar-refractivity contribution in [2.24, 2.45) is 17.8 Å². The fourth-order valence-corrected chi connectivity index (χ4v) is 4.51. The standard InChI is InChI=1S/C16H19BrN2/c1-10(16-7-11-2-3-13(16)4-11)19-15-6-12(9-18)5-14(17)8-15/h5-6,8,10-11,13,16,19H,2-4,7H2,1H3. The zero-order chi connectivity index (χ0) is 13.4. The maximum atomic E-state index is 9.02. The van der Waals surface area contributed by atoms with Crippen LogP contribution >= 0.6 is 15.9 Å². The number of nitrogens with one attached hydrogen (secondary N) is 1. The van der Waals surface area contributed by atoms with E-state index in [9.17, 15) is 0 Å². The molecule has 2 aliphatic carbocycles. The van der Waals surface area contributed by atoms with Gasteiger partial charge in [0.1, 0.15) is 0 Å². The molecule has 3 heteroatoms. The number of nitriles is 1. The summed E-state index contributed by atoms with van der Waals surface area (Å²) in [5.74, 6) is 2.72. The fraction of sp³-hybridized carbons (Fsp3) is 0.562. The van der Waals surface area contributed by atoms with E-state index in [-0.39, 0.29) is 0 Å². The third-order valence-corrected chi connectivity index (χ3v) is 5.31. The van der Waals surface area contributed by atoms with Crippen LogP contribution in [-0.2, 0) is 0 Å². The third-order valence-electron chi connectivity index (χ3n) is 4.86. The van der Waals surface area contributed by atoms with E-state index in [1.54, 1.807) is 0 Å². The second kappa shape index (κ2) is 5.17. The normalized spacial score (nSPS) is 30.1. The van der Waals surface area contributed by atoms with Crippen molar-refractivity contribution in [1.29, 1.82) is 5.26 Å². The molecule has 100 valence electrons. The molecule has 0 aliphatic heterocycles. The molecule has 4 atom stereocenters. The van der Waals surface area contributed by atoms with E-state index < -0.39 is 0 Å². The predicted octanol–water partition coefficient (Wildman–Crippen LogP) is 4.56. The third kappa shape index (κ3) is 2.65. The lowest BCUT2D eigenvalue weighted by Crippen LogP contribution is -2.29. The van der Waals surface area contributed by atoms with Gasteiger partial charge in [-0.3, -0.25) is 0 Å². The van der Waals surface area contributed by atoms with Crippen LogP contribution in [0.3, 0.4) is 0 Å². The Morgan fingerprint density at radius 2 is 2.16 bits per heavy atom. The molecule has 0 radical (unpaired) electrons. The first-order valence-corrected chi connectivity index (χ1v) is 7.92. The molecule has 0 saturated heterocycles. The van der Waals surface area contributed by atoms with Crippen molar-refractivity contribution in [3.05, 3.63) is 28.2 Å². The van der Waals surface area contributed by atoms with Crippen LogP contribution < -0.4 is 5.32 Å². The summed E-state index contributed by atoms with van der Waals surface area (Å²) in [6.45, 7) is 2.29. The molecule has 2 fully saturated rings. The summed E-state index contributed by atoms with van der Waals surface area (Å²) in [5, 5.41) is 12.6. The minimum Gasteiger partial charge on any atom is -0.382 e. The van der Waals surface area contributed by atoms with Crippen molar-refractivity contribution in [2.75, 3.05) is 5.32 Å². The van der Waals surface area contributed by atoms with E-state index in [1.807, 2.05) is 12.1 Å². The summed E-state index contributed by atoms with van der Waals surface area (Å²) in [4.78, 5) is 0. The van der Waals surface area contributed by atoms with E-state index in [4.69, 9.17) is 5.26 Å². The van der Waals surface area contributed by atoms with Crippen LogP contribution in [0.15, 0.2) is 22.7 Å². The zero-order valence-electron chi connectivity index (χ0n) is 11.2. The van der Waals surface area contributed by atoms with Crippen LogP contribution in [0.2, 0.25) is 0 Å².